The van der Waals surface area contributed by atoms with E-state index in [1.54, 1.807) is 0 Å². The van der Waals surface area contributed by atoms with Gasteiger partial charge >= 0.3 is 0 Å². The fraction of sp³-hybridized carbons (Fsp3) is 0.818. The molecule has 5 heteroatoms. The molecule has 0 aromatic heterocycles. The summed E-state index contributed by atoms with van der Waals surface area (Å²) < 4.78 is 19.2. The molecule has 0 radical (unpaired) electrons. The molecule has 2 aromatic carbocycles. The van der Waals surface area contributed by atoms with Gasteiger partial charge < -0.3 is 14.2 Å². The number of unbranched alkanes of at least 4 members (excludes halogenated alkanes) is 45. The van der Waals surface area contributed by atoms with Crippen molar-refractivity contribution < 1.29 is 23.8 Å². The van der Waals surface area contributed by atoms with Crippen molar-refractivity contribution in [2.45, 2.75) is 329 Å². The highest BCUT2D eigenvalue weighted by Gasteiger charge is 2.20. The Balaban J connectivity index is 1.84. The van der Waals surface area contributed by atoms with Crippen LogP contribution >= 0.6 is 0 Å². The third-order valence-electron chi connectivity index (χ3n) is 15.3. The Morgan fingerprint density at radius 3 is 0.817 bits per heavy atom. The smallest absolute Gasteiger partial charge is 0.157 e. The van der Waals surface area contributed by atoms with Crippen molar-refractivity contribution in [3.8, 4) is 17.2 Å². The molecule has 5 nitrogen and oxygen atoms in total. The Hall–Kier alpha value is -2.56. The topological polar surface area (TPSA) is 61.8 Å². The molecule has 2 aromatic rings. The summed E-state index contributed by atoms with van der Waals surface area (Å²) >= 11 is 0. The van der Waals surface area contributed by atoms with Crippen LogP contribution in [0.15, 0.2) is 18.2 Å². The molecule has 0 aliphatic heterocycles. The Bertz CT molecular complexity index is 1480. The van der Waals surface area contributed by atoms with E-state index in [0.717, 1.165) is 61.9 Å². The van der Waals surface area contributed by atoms with E-state index in [1.807, 2.05) is 18.2 Å². The van der Waals surface area contributed by atoms with Gasteiger partial charge in [0.05, 0.1) is 30.9 Å². The van der Waals surface area contributed by atoms with E-state index in [4.69, 9.17) is 14.2 Å². The number of benzene rings is 2. The molecular formula is C66H116O5. The van der Waals surface area contributed by atoms with Crippen LogP contribution in [0.2, 0.25) is 0 Å². The summed E-state index contributed by atoms with van der Waals surface area (Å²) in [5, 5.41) is 1.51. The van der Waals surface area contributed by atoms with Crippen LogP contribution in [-0.2, 0) is 0 Å². The zero-order valence-electron chi connectivity index (χ0n) is 47.5. The van der Waals surface area contributed by atoms with Gasteiger partial charge in [0, 0.05) is 10.8 Å². The van der Waals surface area contributed by atoms with Gasteiger partial charge in [0.15, 0.2) is 12.6 Å². The van der Waals surface area contributed by atoms with E-state index in [1.165, 1.54) is 270 Å². The summed E-state index contributed by atoms with van der Waals surface area (Å²) in [6, 6.07) is 5.75. The predicted octanol–water partition coefficient (Wildman–Crippen LogP) is 22.4. The van der Waals surface area contributed by atoms with Gasteiger partial charge in [0.2, 0.25) is 0 Å². The lowest BCUT2D eigenvalue weighted by molar-refractivity contribution is 0.111. The third kappa shape index (κ3) is 34.5. The molecule has 0 N–H and O–H groups in total. The number of hydrogen-bond donors (Lipinski definition) is 0. The molecule has 2 rings (SSSR count). The number of aldehydes is 2. The summed E-state index contributed by atoms with van der Waals surface area (Å²) in [6.07, 6.45) is 65.4. The fourth-order valence-electron chi connectivity index (χ4n) is 10.6. The van der Waals surface area contributed by atoms with Crippen LogP contribution in [-0.4, -0.2) is 32.4 Å². The number of hydrogen-bond acceptors (Lipinski definition) is 5. The first kappa shape index (κ1) is 64.6. The maximum absolute atomic E-state index is 12.8. The van der Waals surface area contributed by atoms with Crippen molar-refractivity contribution in [1.29, 1.82) is 0 Å². The zero-order chi connectivity index (χ0) is 50.8. The van der Waals surface area contributed by atoms with Crippen molar-refractivity contribution in [1.82, 2.24) is 0 Å². The minimum atomic E-state index is 0.448. The molecule has 0 bridgehead atoms. The highest BCUT2D eigenvalue weighted by molar-refractivity contribution is 6.07. The number of rotatable bonds is 56. The lowest BCUT2D eigenvalue weighted by Gasteiger charge is -2.18. The van der Waals surface area contributed by atoms with Gasteiger partial charge in [-0.2, -0.15) is 0 Å². The predicted molar refractivity (Wildman–Crippen MR) is 310 cm³/mol. The largest absolute Gasteiger partial charge is 0.493 e. The van der Waals surface area contributed by atoms with Gasteiger partial charge in [-0.15, -0.1) is 0 Å². The molecule has 0 heterocycles. The number of carbonyl (C=O) groups excluding carboxylic acids is 2. The van der Waals surface area contributed by atoms with Crippen LogP contribution in [0.25, 0.3) is 10.8 Å². The Kier molecular flexibility index (Phi) is 45.1. The van der Waals surface area contributed by atoms with E-state index < -0.39 is 0 Å². The second-order valence-corrected chi connectivity index (χ2v) is 21.9. The van der Waals surface area contributed by atoms with Crippen molar-refractivity contribution in [2.75, 3.05) is 19.8 Å². The summed E-state index contributed by atoms with van der Waals surface area (Å²) in [4.78, 5) is 25.6. The van der Waals surface area contributed by atoms with Crippen LogP contribution in [0.3, 0.4) is 0 Å². The second-order valence-electron chi connectivity index (χ2n) is 21.9. The number of carbonyl (C=O) groups is 2. The monoisotopic (exact) mass is 989 g/mol. The first-order chi connectivity index (χ1) is 35.2. The molecule has 0 saturated heterocycles. The van der Waals surface area contributed by atoms with Crippen molar-refractivity contribution in [3.63, 3.8) is 0 Å². The normalized spacial score (nSPS) is 11.5. The summed E-state index contributed by atoms with van der Waals surface area (Å²) in [7, 11) is 0. The minimum Gasteiger partial charge on any atom is -0.493 e. The first-order valence-corrected chi connectivity index (χ1v) is 31.6. The second kappa shape index (κ2) is 49.6. The van der Waals surface area contributed by atoms with Crippen molar-refractivity contribution in [3.05, 3.63) is 29.3 Å². The van der Waals surface area contributed by atoms with Gasteiger partial charge in [-0.05, 0) is 37.5 Å². The lowest BCUT2D eigenvalue weighted by Crippen LogP contribution is -2.07. The van der Waals surface area contributed by atoms with E-state index in [9.17, 15) is 9.59 Å². The minimum absolute atomic E-state index is 0.448. The van der Waals surface area contributed by atoms with Crippen LogP contribution in [0, 0.1) is 0 Å². The Morgan fingerprint density at radius 1 is 0.282 bits per heavy atom. The SMILES string of the molecule is CCCCCCCCCCCCCCCCCCOc1cc2c(C=O)c(OCCCCCCCCCCCCCCCCCC)ccc2c(OCCCCCCCCCCCCCCCCCC)c1C=O. The Morgan fingerprint density at radius 2 is 0.535 bits per heavy atom. The first-order valence-electron chi connectivity index (χ1n) is 31.6. The van der Waals surface area contributed by atoms with Crippen LogP contribution in [0.4, 0.5) is 0 Å². The van der Waals surface area contributed by atoms with Crippen LogP contribution < -0.4 is 14.2 Å². The molecule has 0 amide bonds. The van der Waals surface area contributed by atoms with Gasteiger partial charge in [0.25, 0.3) is 0 Å². The van der Waals surface area contributed by atoms with Crippen molar-refractivity contribution in [2.24, 2.45) is 0 Å². The van der Waals surface area contributed by atoms with Crippen LogP contribution in [0.1, 0.15) is 350 Å². The average molecular weight is 990 g/mol. The molecule has 0 aliphatic carbocycles. The summed E-state index contributed by atoms with van der Waals surface area (Å²) in [5.74, 6) is 1.64. The molecule has 0 spiro atoms. The van der Waals surface area contributed by atoms with Gasteiger partial charge in [-0.3, -0.25) is 9.59 Å². The quantitative estimate of drug-likeness (QED) is 0.0488. The molecular weight excluding hydrogens is 873 g/mol. The fourth-order valence-corrected chi connectivity index (χ4v) is 10.6. The molecule has 71 heavy (non-hydrogen) atoms. The van der Waals surface area contributed by atoms with Crippen LogP contribution in [0.5, 0.6) is 17.2 Å². The lowest BCUT2D eigenvalue weighted by atomic mass is 9.99. The maximum Gasteiger partial charge on any atom is 0.157 e. The highest BCUT2D eigenvalue weighted by atomic mass is 16.5. The standard InChI is InChI=1S/C66H116O5/c1-4-7-10-13-16-19-22-25-28-31-34-37-40-43-46-49-54-69-64-53-52-60-61(62(64)58-67)57-65(70-55-50-47-44-41-38-35-32-29-26-23-20-17-14-11-8-5-2)63(59-68)66(60)71-56-51-48-45-42-39-36-33-30-27-24-21-18-15-12-9-6-3/h52-53,57-59H,4-51,54-56H2,1-3H3. The molecule has 0 fully saturated rings. The molecule has 410 valence electrons. The third-order valence-corrected chi connectivity index (χ3v) is 15.3. The van der Waals surface area contributed by atoms with Gasteiger partial charge in [-0.1, -0.05) is 310 Å². The zero-order valence-corrected chi connectivity index (χ0v) is 47.5. The van der Waals surface area contributed by atoms with E-state index in [-0.39, 0.29) is 0 Å². The number of ether oxygens (including phenoxy) is 3. The Labute approximate surface area is 440 Å². The highest BCUT2D eigenvalue weighted by Crippen LogP contribution is 2.40. The summed E-state index contributed by atoms with van der Waals surface area (Å²) in [5.41, 5.74) is 0.958. The van der Waals surface area contributed by atoms with E-state index >= 15 is 0 Å². The maximum atomic E-state index is 12.8. The van der Waals surface area contributed by atoms with Gasteiger partial charge in [-0.25, -0.2) is 0 Å². The molecule has 0 unspecified atom stereocenters. The van der Waals surface area contributed by atoms with Crippen molar-refractivity contribution >= 4 is 23.3 Å². The van der Waals surface area contributed by atoms with E-state index in [0.29, 0.717) is 48.2 Å². The average Bonchev–Trinajstić information content (AvgIpc) is 3.38. The van der Waals surface area contributed by atoms with Gasteiger partial charge in [0.1, 0.15) is 17.2 Å². The molecule has 0 atom stereocenters. The molecule has 0 aliphatic rings. The molecule has 0 saturated carbocycles. The van der Waals surface area contributed by atoms with E-state index in [2.05, 4.69) is 20.8 Å². The summed E-state index contributed by atoms with van der Waals surface area (Å²) in [6.45, 7) is 8.53. The number of fused-ring (bicyclic) bond motifs is 1.